The number of nitrogens with one attached hydrogen (secondary N) is 2. The normalized spacial score (nSPS) is 14.0. The van der Waals surface area contributed by atoms with Crippen LogP contribution in [-0.4, -0.2) is 37.3 Å². The minimum atomic E-state index is -0.240. The molecule has 2 aromatic rings. The molecule has 0 aliphatic carbocycles. The molecule has 1 amide bonds. The highest BCUT2D eigenvalue weighted by Gasteiger charge is 2.17. The molecule has 0 spiro atoms. The molecule has 0 radical (unpaired) electrons. The van der Waals surface area contributed by atoms with E-state index in [0.717, 1.165) is 30.0 Å². The van der Waals surface area contributed by atoms with Crippen LogP contribution in [0.5, 0.6) is 0 Å². The summed E-state index contributed by atoms with van der Waals surface area (Å²) in [5.74, 6) is -0.240. The maximum Gasteiger partial charge on any atom is 0.257 e. The van der Waals surface area contributed by atoms with E-state index in [1.165, 1.54) is 0 Å². The maximum atomic E-state index is 12.4. The molecule has 0 saturated carbocycles. The fourth-order valence-electron chi connectivity index (χ4n) is 2.84. The average molecular weight is 390 g/mol. The molecule has 26 heavy (non-hydrogen) atoms. The standard InChI is InChI=1S/C19H20ClN3O2S/c1-13-4-2-3-5-15(13)18(24)22-19(26)21-16-12-14(20)6-7-17(16)23-8-10-25-11-9-23/h2-7,12H,8-11H2,1H3,(H2,21,22,24,26). The molecule has 3 rings (SSSR count). The lowest BCUT2D eigenvalue weighted by Gasteiger charge is -2.30. The van der Waals surface area contributed by atoms with Crippen molar-refractivity contribution in [3.8, 4) is 0 Å². The van der Waals surface area contributed by atoms with Crippen LogP contribution >= 0.6 is 23.8 Å². The van der Waals surface area contributed by atoms with Crippen LogP contribution in [0.2, 0.25) is 5.02 Å². The van der Waals surface area contributed by atoms with Crippen molar-refractivity contribution in [2.24, 2.45) is 0 Å². The van der Waals surface area contributed by atoms with E-state index in [-0.39, 0.29) is 11.0 Å². The Morgan fingerprint density at radius 2 is 1.92 bits per heavy atom. The Bertz CT molecular complexity index is 822. The number of rotatable bonds is 3. The summed E-state index contributed by atoms with van der Waals surface area (Å²) in [4.78, 5) is 14.6. The molecular weight excluding hydrogens is 370 g/mol. The molecule has 136 valence electrons. The van der Waals surface area contributed by atoms with Crippen molar-refractivity contribution in [2.75, 3.05) is 36.5 Å². The van der Waals surface area contributed by atoms with Crippen LogP contribution in [0.1, 0.15) is 15.9 Å². The minimum Gasteiger partial charge on any atom is -0.378 e. The highest BCUT2D eigenvalue weighted by atomic mass is 35.5. The summed E-state index contributed by atoms with van der Waals surface area (Å²) in [6.07, 6.45) is 0. The predicted octanol–water partition coefficient (Wildman–Crippen LogP) is 3.61. The quantitative estimate of drug-likeness (QED) is 0.785. The molecule has 0 aromatic heterocycles. The summed E-state index contributed by atoms with van der Waals surface area (Å²) in [5.41, 5.74) is 3.22. The van der Waals surface area contributed by atoms with E-state index in [4.69, 9.17) is 28.6 Å². The molecule has 7 heteroatoms. The van der Waals surface area contributed by atoms with E-state index < -0.39 is 0 Å². The highest BCUT2D eigenvalue weighted by Crippen LogP contribution is 2.29. The van der Waals surface area contributed by atoms with Gasteiger partial charge in [-0.05, 0) is 49.0 Å². The van der Waals surface area contributed by atoms with E-state index in [0.29, 0.717) is 23.8 Å². The third kappa shape index (κ3) is 4.52. The number of aryl methyl sites for hydroxylation is 1. The summed E-state index contributed by atoms with van der Waals surface area (Å²) < 4.78 is 5.41. The first kappa shape index (κ1) is 18.6. The largest absolute Gasteiger partial charge is 0.378 e. The van der Waals surface area contributed by atoms with Gasteiger partial charge in [-0.1, -0.05) is 29.8 Å². The van der Waals surface area contributed by atoms with Crippen molar-refractivity contribution in [1.82, 2.24) is 5.32 Å². The Morgan fingerprint density at radius 1 is 1.19 bits per heavy atom. The summed E-state index contributed by atoms with van der Waals surface area (Å²) in [6.45, 7) is 4.82. The number of halogens is 1. The third-order valence-electron chi connectivity index (χ3n) is 4.18. The van der Waals surface area contributed by atoms with Gasteiger partial charge in [0.2, 0.25) is 0 Å². The van der Waals surface area contributed by atoms with Crippen molar-refractivity contribution in [1.29, 1.82) is 0 Å². The predicted molar refractivity (Wildman–Crippen MR) is 109 cm³/mol. The summed E-state index contributed by atoms with van der Waals surface area (Å²) in [6, 6.07) is 13.0. The molecule has 0 bridgehead atoms. The molecule has 2 aromatic carbocycles. The lowest BCUT2D eigenvalue weighted by molar-refractivity contribution is 0.0977. The molecule has 1 heterocycles. The number of carbonyl (C=O) groups is 1. The number of nitrogens with zero attached hydrogens (tertiary/aromatic N) is 1. The number of thiocarbonyl (C=S) groups is 1. The molecule has 2 N–H and O–H groups in total. The van der Waals surface area contributed by atoms with Gasteiger partial charge in [0.05, 0.1) is 24.6 Å². The van der Waals surface area contributed by atoms with E-state index in [9.17, 15) is 4.79 Å². The lowest BCUT2D eigenvalue weighted by atomic mass is 10.1. The van der Waals surface area contributed by atoms with Crippen LogP contribution in [-0.2, 0) is 4.74 Å². The van der Waals surface area contributed by atoms with E-state index in [1.807, 2.05) is 37.3 Å². The first-order chi connectivity index (χ1) is 12.5. The summed E-state index contributed by atoms with van der Waals surface area (Å²) in [7, 11) is 0. The van der Waals surface area contributed by atoms with Gasteiger partial charge in [0.15, 0.2) is 5.11 Å². The zero-order valence-electron chi connectivity index (χ0n) is 14.4. The van der Waals surface area contributed by atoms with Gasteiger partial charge in [-0.3, -0.25) is 10.1 Å². The van der Waals surface area contributed by atoms with Gasteiger partial charge in [-0.15, -0.1) is 0 Å². The van der Waals surface area contributed by atoms with Gasteiger partial charge in [-0.2, -0.15) is 0 Å². The zero-order valence-corrected chi connectivity index (χ0v) is 16.0. The van der Waals surface area contributed by atoms with Crippen LogP contribution in [0.4, 0.5) is 11.4 Å². The second kappa shape index (κ2) is 8.49. The fraction of sp³-hybridized carbons (Fsp3) is 0.263. The number of ether oxygens (including phenoxy) is 1. The van der Waals surface area contributed by atoms with Crippen LogP contribution in [0.15, 0.2) is 42.5 Å². The third-order valence-corrected chi connectivity index (χ3v) is 4.61. The Morgan fingerprint density at radius 3 is 2.65 bits per heavy atom. The van der Waals surface area contributed by atoms with E-state index in [2.05, 4.69) is 15.5 Å². The van der Waals surface area contributed by atoms with Crippen LogP contribution < -0.4 is 15.5 Å². The molecule has 0 unspecified atom stereocenters. The van der Waals surface area contributed by atoms with Crippen molar-refractivity contribution in [2.45, 2.75) is 6.92 Å². The smallest absolute Gasteiger partial charge is 0.257 e. The number of benzene rings is 2. The van der Waals surface area contributed by atoms with Gasteiger partial charge in [0, 0.05) is 23.7 Å². The van der Waals surface area contributed by atoms with Gasteiger partial charge in [0.1, 0.15) is 0 Å². The van der Waals surface area contributed by atoms with Crippen molar-refractivity contribution >= 4 is 46.2 Å². The molecule has 1 aliphatic heterocycles. The Hall–Kier alpha value is -2.15. The van der Waals surface area contributed by atoms with Gasteiger partial charge in [-0.25, -0.2) is 0 Å². The van der Waals surface area contributed by atoms with Crippen LogP contribution in [0, 0.1) is 6.92 Å². The number of carbonyl (C=O) groups excluding carboxylic acids is 1. The van der Waals surface area contributed by atoms with Gasteiger partial charge >= 0.3 is 0 Å². The topological polar surface area (TPSA) is 53.6 Å². The first-order valence-electron chi connectivity index (χ1n) is 8.35. The first-order valence-corrected chi connectivity index (χ1v) is 9.13. The molecule has 5 nitrogen and oxygen atoms in total. The average Bonchev–Trinajstić information content (AvgIpc) is 2.62. The van der Waals surface area contributed by atoms with Crippen LogP contribution in [0.3, 0.4) is 0 Å². The van der Waals surface area contributed by atoms with Crippen molar-refractivity contribution in [3.05, 3.63) is 58.6 Å². The fourth-order valence-corrected chi connectivity index (χ4v) is 3.21. The molecule has 0 atom stereocenters. The molecule has 1 saturated heterocycles. The second-order valence-corrected chi connectivity index (χ2v) is 6.83. The molecular formula is C19H20ClN3O2S. The Labute approximate surface area is 163 Å². The maximum absolute atomic E-state index is 12.4. The zero-order chi connectivity index (χ0) is 18.5. The SMILES string of the molecule is Cc1ccccc1C(=O)NC(=S)Nc1cc(Cl)ccc1N1CCOCC1. The number of morpholine rings is 1. The Kier molecular flexibility index (Phi) is 6.08. The highest BCUT2D eigenvalue weighted by molar-refractivity contribution is 7.80. The number of hydrogen-bond acceptors (Lipinski definition) is 4. The van der Waals surface area contributed by atoms with Crippen molar-refractivity contribution in [3.63, 3.8) is 0 Å². The number of hydrogen-bond donors (Lipinski definition) is 2. The lowest BCUT2D eigenvalue weighted by Crippen LogP contribution is -2.38. The monoisotopic (exact) mass is 389 g/mol. The van der Waals surface area contributed by atoms with E-state index in [1.54, 1.807) is 12.1 Å². The van der Waals surface area contributed by atoms with Gasteiger partial charge in [0.25, 0.3) is 5.91 Å². The Balaban J connectivity index is 1.73. The number of anilines is 2. The minimum absolute atomic E-state index is 0.232. The second-order valence-electron chi connectivity index (χ2n) is 5.98. The number of amides is 1. The van der Waals surface area contributed by atoms with Crippen LogP contribution in [0.25, 0.3) is 0 Å². The van der Waals surface area contributed by atoms with Crippen molar-refractivity contribution < 1.29 is 9.53 Å². The summed E-state index contributed by atoms with van der Waals surface area (Å²) in [5, 5.41) is 6.66. The molecule has 1 aliphatic rings. The molecule has 1 fully saturated rings. The van der Waals surface area contributed by atoms with E-state index >= 15 is 0 Å². The summed E-state index contributed by atoms with van der Waals surface area (Å²) >= 11 is 11.5. The van der Waals surface area contributed by atoms with Gasteiger partial charge < -0.3 is 15.0 Å².